The molecule has 0 aliphatic carbocycles. The van der Waals surface area contributed by atoms with Crippen molar-refractivity contribution < 1.29 is 4.79 Å². The molecule has 2 N–H and O–H groups in total. The maximum atomic E-state index is 12.5. The van der Waals surface area contributed by atoms with E-state index in [1.165, 1.54) is 34.3 Å². The highest BCUT2D eigenvalue weighted by Crippen LogP contribution is 2.27. The molecule has 3 heterocycles. The third-order valence-electron chi connectivity index (χ3n) is 5.53. The zero-order valence-corrected chi connectivity index (χ0v) is 16.0. The average molecular weight is 368 g/mol. The standard InChI is InChI=1S/C20H28N6O/c1-16-4-5-17(18(14-16)24-7-2-3-8-24)15-23-10-12-25(13-11-23)20(27)26-9-6-19(21)22-26/h4-6,9,14H,2-3,7-8,10-13,15H2,1H3,(H2,21,22). The van der Waals surface area contributed by atoms with Crippen LogP contribution in [0.25, 0.3) is 0 Å². The van der Waals surface area contributed by atoms with E-state index in [4.69, 9.17) is 5.73 Å². The van der Waals surface area contributed by atoms with Crippen molar-refractivity contribution in [2.24, 2.45) is 0 Å². The van der Waals surface area contributed by atoms with Crippen LogP contribution < -0.4 is 10.6 Å². The predicted octanol–water partition coefficient (Wildman–Crippen LogP) is 2.16. The predicted molar refractivity (Wildman–Crippen MR) is 107 cm³/mol. The lowest BCUT2D eigenvalue weighted by Crippen LogP contribution is -2.49. The molecular weight excluding hydrogens is 340 g/mol. The van der Waals surface area contributed by atoms with Crippen LogP contribution in [0.1, 0.15) is 24.0 Å². The van der Waals surface area contributed by atoms with Crippen molar-refractivity contribution >= 4 is 17.5 Å². The van der Waals surface area contributed by atoms with Gasteiger partial charge in [-0.05, 0) is 37.0 Å². The molecular formula is C20H28N6O. The minimum Gasteiger partial charge on any atom is -0.382 e. The first kappa shape index (κ1) is 17.9. The lowest BCUT2D eigenvalue weighted by atomic mass is 10.1. The molecule has 0 unspecified atom stereocenters. The number of carbonyl (C=O) groups is 1. The van der Waals surface area contributed by atoms with E-state index in [0.29, 0.717) is 18.9 Å². The number of hydrogen-bond acceptors (Lipinski definition) is 5. The van der Waals surface area contributed by atoms with Crippen LogP contribution in [0.5, 0.6) is 0 Å². The van der Waals surface area contributed by atoms with Gasteiger partial charge in [-0.1, -0.05) is 12.1 Å². The quantitative estimate of drug-likeness (QED) is 0.899. The summed E-state index contributed by atoms with van der Waals surface area (Å²) in [4.78, 5) is 19.3. The number of hydrogen-bond donors (Lipinski definition) is 1. The minimum absolute atomic E-state index is 0.0977. The van der Waals surface area contributed by atoms with E-state index in [0.717, 1.165) is 32.7 Å². The molecule has 0 radical (unpaired) electrons. The highest BCUT2D eigenvalue weighted by molar-refractivity contribution is 5.76. The Labute approximate surface area is 160 Å². The van der Waals surface area contributed by atoms with Gasteiger partial charge in [-0.2, -0.15) is 4.68 Å². The van der Waals surface area contributed by atoms with Crippen LogP contribution in [0.2, 0.25) is 0 Å². The van der Waals surface area contributed by atoms with E-state index in [-0.39, 0.29) is 6.03 Å². The van der Waals surface area contributed by atoms with Gasteiger partial charge >= 0.3 is 6.03 Å². The summed E-state index contributed by atoms with van der Waals surface area (Å²) in [5.74, 6) is 0.371. The van der Waals surface area contributed by atoms with E-state index >= 15 is 0 Å². The minimum atomic E-state index is -0.0977. The molecule has 1 aromatic carbocycles. The molecule has 1 aromatic heterocycles. The van der Waals surface area contributed by atoms with E-state index in [1.54, 1.807) is 12.3 Å². The summed E-state index contributed by atoms with van der Waals surface area (Å²) >= 11 is 0. The van der Waals surface area contributed by atoms with Crippen molar-refractivity contribution in [3.8, 4) is 0 Å². The fraction of sp³-hybridized carbons (Fsp3) is 0.500. The summed E-state index contributed by atoms with van der Waals surface area (Å²) in [5.41, 5.74) is 9.71. The molecule has 27 heavy (non-hydrogen) atoms. The lowest BCUT2D eigenvalue weighted by Gasteiger charge is -2.35. The van der Waals surface area contributed by atoms with Crippen molar-refractivity contribution in [1.82, 2.24) is 19.6 Å². The second kappa shape index (κ2) is 7.60. The first-order chi connectivity index (χ1) is 13.1. The highest BCUT2D eigenvalue weighted by Gasteiger charge is 2.24. The number of aromatic nitrogens is 2. The molecule has 2 aliphatic rings. The van der Waals surface area contributed by atoms with Crippen LogP contribution in [0.3, 0.4) is 0 Å². The third kappa shape index (κ3) is 3.93. The zero-order valence-electron chi connectivity index (χ0n) is 16.0. The summed E-state index contributed by atoms with van der Waals surface area (Å²) in [6.45, 7) is 8.58. The van der Waals surface area contributed by atoms with Crippen LogP contribution >= 0.6 is 0 Å². The van der Waals surface area contributed by atoms with Crippen LogP contribution in [0, 0.1) is 6.92 Å². The van der Waals surface area contributed by atoms with Gasteiger partial charge in [0.25, 0.3) is 0 Å². The fourth-order valence-electron chi connectivity index (χ4n) is 3.99. The van der Waals surface area contributed by atoms with Gasteiger partial charge in [-0.25, -0.2) is 4.79 Å². The van der Waals surface area contributed by atoms with Crippen LogP contribution in [-0.2, 0) is 6.54 Å². The highest BCUT2D eigenvalue weighted by atomic mass is 16.2. The lowest BCUT2D eigenvalue weighted by molar-refractivity contribution is 0.134. The second-order valence-corrected chi connectivity index (χ2v) is 7.56. The Morgan fingerprint density at radius 2 is 1.81 bits per heavy atom. The van der Waals surface area contributed by atoms with Gasteiger partial charge in [0.05, 0.1) is 0 Å². The number of aryl methyl sites for hydroxylation is 1. The largest absolute Gasteiger partial charge is 0.382 e. The van der Waals surface area contributed by atoms with Crippen molar-refractivity contribution in [3.05, 3.63) is 41.6 Å². The number of nitrogens with zero attached hydrogens (tertiary/aromatic N) is 5. The topological polar surface area (TPSA) is 70.6 Å². The Morgan fingerprint density at radius 1 is 1.07 bits per heavy atom. The number of nitrogen functional groups attached to an aromatic ring is 1. The van der Waals surface area contributed by atoms with Crippen LogP contribution in [0.15, 0.2) is 30.5 Å². The monoisotopic (exact) mass is 368 g/mol. The second-order valence-electron chi connectivity index (χ2n) is 7.56. The first-order valence-corrected chi connectivity index (χ1v) is 9.77. The Hall–Kier alpha value is -2.54. The van der Waals surface area contributed by atoms with Gasteiger partial charge in [0.1, 0.15) is 5.82 Å². The molecule has 2 aromatic rings. The van der Waals surface area contributed by atoms with Crippen LogP contribution in [0.4, 0.5) is 16.3 Å². The van der Waals surface area contributed by atoms with Gasteiger partial charge in [0, 0.05) is 63.8 Å². The van der Waals surface area contributed by atoms with Gasteiger partial charge in [0.2, 0.25) is 0 Å². The average Bonchev–Trinajstić information content (AvgIpc) is 3.35. The number of benzene rings is 1. The van der Waals surface area contributed by atoms with Gasteiger partial charge in [-0.3, -0.25) is 4.90 Å². The molecule has 7 heteroatoms. The number of piperazine rings is 1. The van der Waals surface area contributed by atoms with E-state index in [9.17, 15) is 4.79 Å². The Balaban J connectivity index is 1.39. The van der Waals surface area contributed by atoms with Gasteiger partial charge in [-0.15, -0.1) is 5.10 Å². The normalized spacial score (nSPS) is 18.3. The van der Waals surface area contributed by atoms with E-state index in [2.05, 4.69) is 40.0 Å². The molecule has 2 fully saturated rings. The molecule has 0 spiro atoms. The van der Waals surface area contributed by atoms with Crippen molar-refractivity contribution in [1.29, 1.82) is 0 Å². The first-order valence-electron chi connectivity index (χ1n) is 9.77. The summed E-state index contributed by atoms with van der Waals surface area (Å²) in [6.07, 6.45) is 4.19. The maximum Gasteiger partial charge on any atom is 0.344 e. The number of amides is 1. The van der Waals surface area contributed by atoms with E-state index in [1.807, 2.05) is 4.90 Å². The Morgan fingerprint density at radius 3 is 2.48 bits per heavy atom. The number of carbonyl (C=O) groups excluding carboxylic acids is 1. The third-order valence-corrected chi connectivity index (χ3v) is 5.53. The number of rotatable bonds is 3. The fourth-order valence-corrected chi connectivity index (χ4v) is 3.99. The summed E-state index contributed by atoms with van der Waals surface area (Å²) in [5, 5.41) is 4.02. The van der Waals surface area contributed by atoms with Crippen molar-refractivity contribution in [2.75, 3.05) is 49.9 Å². The van der Waals surface area contributed by atoms with E-state index < -0.39 is 0 Å². The molecule has 0 atom stereocenters. The zero-order chi connectivity index (χ0) is 18.8. The number of nitrogens with two attached hydrogens (primary N) is 1. The molecule has 0 bridgehead atoms. The summed E-state index contributed by atoms with van der Waals surface area (Å²) < 4.78 is 1.33. The molecule has 4 rings (SSSR count). The van der Waals surface area contributed by atoms with Gasteiger partial charge < -0.3 is 15.5 Å². The van der Waals surface area contributed by atoms with Crippen molar-refractivity contribution in [2.45, 2.75) is 26.3 Å². The number of anilines is 2. The van der Waals surface area contributed by atoms with Gasteiger partial charge in [0.15, 0.2) is 0 Å². The smallest absolute Gasteiger partial charge is 0.344 e. The SMILES string of the molecule is Cc1ccc(CN2CCN(C(=O)n3ccc(N)n3)CC2)c(N2CCCC2)c1. The molecule has 7 nitrogen and oxygen atoms in total. The summed E-state index contributed by atoms with van der Waals surface area (Å²) in [7, 11) is 0. The molecule has 1 amide bonds. The van der Waals surface area contributed by atoms with Crippen molar-refractivity contribution in [3.63, 3.8) is 0 Å². The van der Waals surface area contributed by atoms with Crippen LogP contribution in [-0.4, -0.2) is 64.9 Å². The Kier molecular flexibility index (Phi) is 5.03. The summed E-state index contributed by atoms with van der Waals surface area (Å²) in [6, 6.07) is 8.34. The molecule has 0 saturated carbocycles. The molecule has 144 valence electrons. The Bertz CT molecular complexity index is 803. The molecule has 2 aliphatic heterocycles. The molecule has 2 saturated heterocycles. The maximum absolute atomic E-state index is 12.5.